The molecule has 0 aliphatic rings. The lowest BCUT2D eigenvalue weighted by Gasteiger charge is -2.12. The third-order valence-electron chi connectivity index (χ3n) is 2.83. The Labute approximate surface area is 94.1 Å². The molecule has 0 aromatic carbocycles. The molecule has 2 atom stereocenters. The van der Waals surface area contributed by atoms with Gasteiger partial charge < -0.3 is 10.1 Å². The van der Waals surface area contributed by atoms with Crippen LogP contribution in [0.5, 0.6) is 0 Å². The number of nitrogens with one attached hydrogen (secondary N) is 1. The number of imidazole rings is 1. The van der Waals surface area contributed by atoms with Gasteiger partial charge in [0.25, 0.3) is 0 Å². The van der Waals surface area contributed by atoms with Gasteiger partial charge in [-0.15, -0.1) is 0 Å². The van der Waals surface area contributed by atoms with Gasteiger partial charge in [-0.1, -0.05) is 13.3 Å². The fraction of sp³-hybridized carbons (Fsp3) is 0.636. The van der Waals surface area contributed by atoms with E-state index in [0.29, 0.717) is 6.42 Å². The lowest BCUT2D eigenvalue weighted by molar-refractivity contribution is -0.141. The first-order valence-electron chi connectivity index (χ1n) is 5.50. The smallest absolute Gasteiger partial charge is 0.325 e. The van der Waals surface area contributed by atoms with Crippen molar-refractivity contribution in [1.82, 2.24) is 9.55 Å². The van der Waals surface area contributed by atoms with E-state index in [1.54, 1.807) is 23.9 Å². The number of carboxylic acids is 1. The first-order chi connectivity index (χ1) is 7.52. The van der Waals surface area contributed by atoms with Crippen molar-refractivity contribution < 1.29 is 9.90 Å². The number of aliphatic carboxylic acids is 1. The Morgan fingerprint density at radius 2 is 2.19 bits per heavy atom. The van der Waals surface area contributed by atoms with Crippen LogP contribution in [-0.2, 0) is 4.79 Å². The second-order valence-electron chi connectivity index (χ2n) is 4.19. The Morgan fingerprint density at radius 3 is 2.69 bits per heavy atom. The molecule has 0 aliphatic carbocycles. The summed E-state index contributed by atoms with van der Waals surface area (Å²) in [6.07, 6.45) is 5.60. The van der Waals surface area contributed by atoms with E-state index in [1.165, 1.54) is 0 Å². The highest BCUT2D eigenvalue weighted by Gasteiger charge is 2.12. The molecule has 1 aromatic rings. The molecule has 0 bridgehead atoms. The zero-order chi connectivity index (χ0) is 12.1. The summed E-state index contributed by atoms with van der Waals surface area (Å²) >= 11 is 0. The van der Waals surface area contributed by atoms with Crippen molar-refractivity contribution >= 4 is 5.97 Å². The lowest BCUT2D eigenvalue weighted by atomic mass is 10.0. The number of rotatable bonds is 6. The standard InChI is InChI=1S/C11H18N2O3/c1-8(10(14)15)4-3-5-9(2)13-7-6-12-11(13)16/h6-9H,3-5H2,1-2H3,(H,12,16)(H,14,15). The quantitative estimate of drug-likeness (QED) is 0.774. The maximum atomic E-state index is 11.3. The van der Waals surface area contributed by atoms with Crippen molar-refractivity contribution in [2.75, 3.05) is 0 Å². The number of hydrogen-bond acceptors (Lipinski definition) is 2. The van der Waals surface area contributed by atoms with Crippen LogP contribution in [0.4, 0.5) is 0 Å². The van der Waals surface area contributed by atoms with Gasteiger partial charge in [0.05, 0.1) is 5.92 Å². The molecule has 0 amide bonds. The molecule has 2 unspecified atom stereocenters. The van der Waals surface area contributed by atoms with Crippen molar-refractivity contribution in [2.24, 2.45) is 5.92 Å². The minimum atomic E-state index is -0.758. The van der Waals surface area contributed by atoms with Gasteiger partial charge >= 0.3 is 11.7 Å². The SMILES string of the molecule is CC(CCCC(C)n1cc[nH]c1=O)C(=O)O. The zero-order valence-electron chi connectivity index (χ0n) is 9.64. The highest BCUT2D eigenvalue weighted by molar-refractivity contribution is 5.69. The molecule has 1 rings (SSSR count). The van der Waals surface area contributed by atoms with Gasteiger partial charge in [-0.2, -0.15) is 0 Å². The number of aromatic nitrogens is 2. The summed E-state index contributed by atoms with van der Waals surface area (Å²) < 4.78 is 1.63. The van der Waals surface area contributed by atoms with Crippen LogP contribution in [0.3, 0.4) is 0 Å². The van der Waals surface area contributed by atoms with Crippen LogP contribution in [0.25, 0.3) is 0 Å². The number of H-pyrrole nitrogens is 1. The normalized spacial score (nSPS) is 14.6. The number of hydrogen-bond donors (Lipinski definition) is 2. The Morgan fingerprint density at radius 1 is 1.50 bits per heavy atom. The van der Waals surface area contributed by atoms with Gasteiger partial charge in [-0.25, -0.2) is 4.79 Å². The molecule has 1 heterocycles. The van der Waals surface area contributed by atoms with E-state index in [2.05, 4.69) is 4.98 Å². The molecule has 0 fully saturated rings. The summed E-state index contributed by atoms with van der Waals surface area (Å²) in [4.78, 5) is 24.5. The fourth-order valence-corrected chi connectivity index (χ4v) is 1.66. The minimum Gasteiger partial charge on any atom is -0.481 e. The predicted molar refractivity (Wildman–Crippen MR) is 60.4 cm³/mol. The third-order valence-corrected chi connectivity index (χ3v) is 2.83. The summed E-state index contributed by atoms with van der Waals surface area (Å²) in [5, 5.41) is 8.72. The molecular formula is C11H18N2O3. The Kier molecular flexibility index (Phi) is 4.34. The number of carboxylic acid groups (broad SMARTS) is 1. The van der Waals surface area contributed by atoms with Crippen LogP contribution in [0.2, 0.25) is 0 Å². The molecule has 5 heteroatoms. The number of carbonyl (C=O) groups is 1. The molecule has 0 radical (unpaired) electrons. The van der Waals surface area contributed by atoms with E-state index in [4.69, 9.17) is 5.11 Å². The van der Waals surface area contributed by atoms with Crippen molar-refractivity contribution in [3.05, 3.63) is 22.9 Å². The van der Waals surface area contributed by atoms with E-state index >= 15 is 0 Å². The van der Waals surface area contributed by atoms with Crippen LogP contribution in [0.15, 0.2) is 17.2 Å². The molecule has 0 aliphatic heterocycles. The van der Waals surface area contributed by atoms with Crippen molar-refractivity contribution in [3.8, 4) is 0 Å². The average Bonchev–Trinajstić information content (AvgIpc) is 2.64. The average molecular weight is 226 g/mol. The molecule has 0 saturated heterocycles. The molecule has 90 valence electrons. The molecular weight excluding hydrogens is 208 g/mol. The van der Waals surface area contributed by atoms with Gasteiger partial charge in [-0.05, 0) is 19.8 Å². The van der Waals surface area contributed by atoms with Gasteiger partial charge in [0.15, 0.2) is 0 Å². The predicted octanol–water partition coefficient (Wildman–Crippen LogP) is 1.63. The van der Waals surface area contributed by atoms with Gasteiger partial charge in [0.1, 0.15) is 0 Å². The largest absolute Gasteiger partial charge is 0.481 e. The molecule has 16 heavy (non-hydrogen) atoms. The molecule has 5 nitrogen and oxygen atoms in total. The summed E-state index contributed by atoms with van der Waals surface area (Å²) in [7, 11) is 0. The fourth-order valence-electron chi connectivity index (χ4n) is 1.66. The summed E-state index contributed by atoms with van der Waals surface area (Å²) in [6.45, 7) is 3.66. The third kappa shape index (κ3) is 3.25. The zero-order valence-corrected chi connectivity index (χ0v) is 9.64. The van der Waals surface area contributed by atoms with Crippen LogP contribution >= 0.6 is 0 Å². The van der Waals surface area contributed by atoms with Gasteiger partial charge in [0, 0.05) is 18.4 Å². The topological polar surface area (TPSA) is 75.1 Å². The van der Waals surface area contributed by atoms with Crippen molar-refractivity contribution in [2.45, 2.75) is 39.2 Å². The second-order valence-corrected chi connectivity index (χ2v) is 4.19. The second kappa shape index (κ2) is 5.53. The highest BCUT2D eigenvalue weighted by atomic mass is 16.4. The molecule has 1 aromatic heterocycles. The summed E-state index contributed by atoms with van der Waals surface area (Å²) in [5.74, 6) is -1.07. The number of aromatic amines is 1. The summed E-state index contributed by atoms with van der Waals surface area (Å²) in [6, 6.07) is 0.111. The Balaban J connectivity index is 2.37. The Bertz CT molecular complexity index is 394. The monoisotopic (exact) mass is 226 g/mol. The van der Waals surface area contributed by atoms with E-state index < -0.39 is 5.97 Å². The number of nitrogens with zero attached hydrogens (tertiary/aromatic N) is 1. The van der Waals surface area contributed by atoms with Crippen LogP contribution < -0.4 is 5.69 Å². The van der Waals surface area contributed by atoms with E-state index in [9.17, 15) is 9.59 Å². The van der Waals surface area contributed by atoms with Crippen LogP contribution in [0, 0.1) is 5.92 Å². The van der Waals surface area contributed by atoms with E-state index in [1.807, 2.05) is 6.92 Å². The molecule has 2 N–H and O–H groups in total. The summed E-state index contributed by atoms with van der Waals surface area (Å²) in [5.41, 5.74) is -0.112. The maximum Gasteiger partial charge on any atom is 0.325 e. The van der Waals surface area contributed by atoms with E-state index in [0.717, 1.165) is 12.8 Å². The van der Waals surface area contributed by atoms with Crippen molar-refractivity contribution in [1.29, 1.82) is 0 Å². The van der Waals surface area contributed by atoms with Crippen molar-refractivity contribution in [3.63, 3.8) is 0 Å². The van der Waals surface area contributed by atoms with Gasteiger partial charge in [-0.3, -0.25) is 9.36 Å². The molecule has 0 spiro atoms. The maximum absolute atomic E-state index is 11.3. The first kappa shape index (κ1) is 12.5. The highest BCUT2D eigenvalue weighted by Crippen LogP contribution is 2.15. The Hall–Kier alpha value is -1.52. The molecule has 0 saturated carbocycles. The lowest BCUT2D eigenvalue weighted by Crippen LogP contribution is -2.20. The first-order valence-corrected chi connectivity index (χ1v) is 5.50. The van der Waals surface area contributed by atoms with Gasteiger partial charge in [0.2, 0.25) is 0 Å². The van der Waals surface area contributed by atoms with Crippen LogP contribution in [-0.4, -0.2) is 20.6 Å². The minimum absolute atomic E-state index is 0.111. The van der Waals surface area contributed by atoms with E-state index in [-0.39, 0.29) is 17.6 Å². The van der Waals surface area contributed by atoms with Crippen LogP contribution in [0.1, 0.15) is 39.2 Å².